The van der Waals surface area contributed by atoms with Crippen LogP contribution < -0.4 is 4.74 Å². The molecule has 0 spiro atoms. The van der Waals surface area contributed by atoms with E-state index in [2.05, 4.69) is 27.6 Å². The number of halogens is 1. The van der Waals surface area contributed by atoms with Gasteiger partial charge in [0.15, 0.2) is 0 Å². The Morgan fingerprint density at radius 1 is 1.12 bits per heavy atom. The Labute approximate surface area is 155 Å². The Bertz CT molecular complexity index is 975. The second kappa shape index (κ2) is 6.76. The predicted molar refractivity (Wildman–Crippen MR) is 104 cm³/mol. The number of hydrogen-bond acceptors (Lipinski definition) is 3. The molecule has 4 nitrogen and oxygen atoms in total. The van der Waals surface area contributed by atoms with Crippen molar-refractivity contribution in [3.63, 3.8) is 0 Å². The van der Waals surface area contributed by atoms with E-state index in [1.807, 2.05) is 37.3 Å². The molecule has 3 rings (SSSR count). The number of aryl methyl sites for hydroxylation is 2. The number of ether oxygens (including phenoxy) is 1. The summed E-state index contributed by atoms with van der Waals surface area (Å²) in [6.07, 6.45) is 0.675. The van der Waals surface area contributed by atoms with Gasteiger partial charge in [-0.1, -0.05) is 40.3 Å². The molecule has 0 radical (unpaired) electrons. The average Bonchev–Trinajstić information content (AvgIpc) is 2.94. The van der Waals surface area contributed by atoms with Gasteiger partial charge in [-0.05, 0) is 49.2 Å². The van der Waals surface area contributed by atoms with Crippen LogP contribution in [0, 0.1) is 6.92 Å². The lowest BCUT2D eigenvalue weighted by Gasteiger charge is -2.06. The van der Waals surface area contributed by atoms with Crippen LogP contribution in [-0.4, -0.2) is 24.9 Å². The lowest BCUT2D eigenvalue weighted by molar-refractivity contribution is 0.415. The van der Waals surface area contributed by atoms with E-state index in [4.69, 9.17) is 4.74 Å². The van der Waals surface area contributed by atoms with Crippen LogP contribution in [0.3, 0.4) is 0 Å². The minimum Gasteiger partial charge on any atom is -0.497 e. The molecule has 3 aromatic rings. The summed E-state index contributed by atoms with van der Waals surface area (Å²) in [7, 11) is -1.98. The molecule has 1 N–H and O–H groups in total. The number of benzene rings is 2. The van der Waals surface area contributed by atoms with E-state index in [0.29, 0.717) is 11.3 Å². The molecule has 0 fully saturated rings. The fraction of sp³-hybridized carbons (Fsp3) is 0.222. The van der Waals surface area contributed by atoms with Gasteiger partial charge in [-0.15, -0.1) is 0 Å². The lowest BCUT2D eigenvalue weighted by atomic mass is 10.1. The van der Waals surface area contributed by atoms with Crippen LogP contribution in [0.2, 0.25) is 0 Å². The molecule has 0 aliphatic heterocycles. The molecule has 1 heterocycles. The highest BCUT2D eigenvalue weighted by atomic mass is 127. The van der Waals surface area contributed by atoms with Crippen molar-refractivity contribution < 1.29 is 13.2 Å². The number of alkyl halides is 1. The van der Waals surface area contributed by atoms with Gasteiger partial charge in [0.1, 0.15) is 10.8 Å². The van der Waals surface area contributed by atoms with Crippen LogP contribution in [0.25, 0.3) is 10.9 Å². The standard InChI is InChI=1S/C18H18INO3S/c1-12-3-6-14(7-4-12)24(21,22)18-15(9-10-19)16-11-13(23-2)5-8-17(16)20-18/h3-8,11,20H,9-10H2,1-2H3. The van der Waals surface area contributed by atoms with Crippen LogP contribution in [0.5, 0.6) is 5.75 Å². The van der Waals surface area contributed by atoms with Gasteiger partial charge >= 0.3 is 0 Å². The molecule has 24 heavy (non-hydrogen) atoms. The highest BCUT2D eigenvalue weighted by molar-refractivity contribution is 14.1. The minimum atomic E-state index is -3.59. The summed E-state index contributed by atoms with van der Waals surface area (Å²) in [5.41, 5.74) is 2.66. The van der Waals surface area contributed by atoms with Crippen LogP contribution in [0.15, 0.2) is 52.4 Å². The summed E-state index contributed by atoms with van der Waals surface area (Å²) in [5, 5.41) is 1.18. The Kier molecular flexibility index (Phi) is 4.87. The Morgan fingerprint density at radius 2 is 1.83 bits per heavy atom. The first kappa shape index (κ1) is 17.3. The third kappa shape index (κ3) is 3.04. The lowest BCUT2D eigenvalue weighted by Crippen LogP contribution is -2.06. The Balaban J connectivity index is 2.24. The summed E-state index contributed by atoms with van der Waals surface area (Å²) in [5.74, 6) is 0.718. The monoisotopic (exact) mass is 455 g/mol. The van der Waals surface area contributed by atoms with E-state index in [1.54, 1.807) is 19.2 Å². The normalized spacial score (nSPS) is 11.8. The fourth-order valence-electron chi connectivity index (χ4n) is 2.74. The summed E-state index contributed by atoms with van der Waals surface area (Å²) in [6.45, 7) is 1.94. The Hall–Kier alpha value is -1.54. The average molecular weight is 455 g/mol. The maximum Gasteiger partial charge on any atom is 0.222 e. The molecule has 6 heteroatoms. The van der Waals surface area contributed by atoms with Crippen molar-refractivity contribution in [2.75, 3.05) is 11.5 Å². The maximum atomic E-state index is 13.1. The molecule has 0 saturated carbocycles. The number of rotatable bonds is 5. The van der Waals surface area contributed by atoms with E-state index >= 15 is 0 Å². The molecule has 0 aliphatic carbocycles. The number of fused-ring (bicyclic) bond motifs is 1. The maximum absolute atomic E-state index is 13.1. The van der Waals surface area contributed by atoms with Crippen molar-refractivity contribution in [2.24, 2.45) is 0 Å². The topological polar surface area (TPSA) is 59.2 Å². The zero-order valence-corrected chi connectivity index (χ0v) is 16.4. The highest BCUT2D eigenvalue weighted by Crippen LogP contribution is 2.32. The molecule has 0 aliphatic rings. The number of H-pyrrole nitrogens is 1. The summed E-state index contributed by atoms with van der Waals surface area (Å²) in [4.78, 5) is 3.41. The van der Waals surface area contributed by atoms with E-state index in [0.717, 1.165) is 32.2 Å². The van der Waals surface area contributed by atoms with E-state index in [1.165, 1.54) is 0 Å². The van der Waals surface area contributed by atoms with Gasteiger partial charge in [-0.2, -0.15) is 0 Å². The summed E-state index contributed by atoms with van der Waals surface area (Å²) < 4.78 is 32.3. The molecule has 0 amide bonds. The van der Waals surface area contributed by atoms with Crippen LogP contribution in [0.4, 0.5) is 0 Å². The van der Waals surface area contributed by atoms with Gasteiger partial charge in [0.25, 0.3) is 0 Å². The van der Waals surface area contributed by atoms with Gasteiger partial charge in [-0.3, -0.25) is 0 Å². The molecule has 1 aromatic heterocycles. The largest absolute Gasteiger partial charge is 0.497 e. The van der Waals surface area contributed by atoms with Gasteiger partial charge in [-0.25, -0.2) is 8.42 Å². The number of methoxy groups -OCH3 is 1. The molecule has 0 bridgehead atoms. The molecule has 0 saturated heterocycles. The fourth-order valence-corrected chi connectivity index (χ4v) is 4.79. The molecule has 0 atom stereocenters. The first-order valence-corrected chi connectivity index (χ1v) is 10.5. The number of hydrogen-bond donors (Lipinski definition) is 1. The SMILES string of the molecule is COc1ccc2[nH]c(S(=O)(=O)c3ccc(C)cc3)c(CCI)c2c1. The molecular formula is C18H18INO3S. The quantitative estimate of drug-likeness (QED) is 0.461. The van der Waals surface area contributed by atoms with E-state index in [9.17, 15) is 8.42 Å². The van der Waals surface area contributed by atoms with Gasteiger partial charge in [0.2, 0.25) is 9.84 Å². The zero-order valence-electron chi connectivity index (χ0n) is 13.5. The van der Waals surface area contributed by atoms with E-state index in [-0.39, 0.29) is 5.03 Å². The highest BCUT2D eigenvalue weighted by Gasteiger charge is 2.25. The van der Waals surface area contributed by atoms with Gasteiger partial charge in [0.05, 0.1) is 12.0 Å². The first-order chi connectivity index (χ1) is 11.5. The van der Waals surface area contributed by atoms with Crippen LogP contribution in [0.1, 0.15) is 11.1 Å². The van der Waals surface area contributed by atoms with Crippen molar-refractivity contribution in [3.8, 4) is 5.75 Å². The minimum absolute atomic E-state index is 0.284. The van der Waals surface area contributed by atoms with Crippen LogP contribution in [-0.2, 0) is 16.3 Å². The Morgan fingerprint density at radius 3 is 2.46 bits per heavy atom. The summed E-state index contributed by atoms with van der Waals surface area (Å²) in [6, 6.07) is 12.5. The van der Waals surface area contributed by atoms with Crippen molar-refractivity contribution in [3.05, 3.63) is 53.6 Å². The van der Waals surface area contributed by atoms with Crippen LogP contribution >= 0.6 is 22.6 Å². The number of aromatic amines is 1. The van der Waals surface area contributed by atoms with Crippen molar-refractivity contribution in [2.45, 2.75) is 23.3 Å². The van der Waals surface area contributed by atoms with Crippen molar-refractivity contribution in [1.82, 2.24) is 4.98 Å². The zero-order chi connectivity index (χ0) is 17.3. The third-order valence-electron chi connectivity index (χ3n) is 4.02. The number of nitrogens with one attached hydrogen (secondary N) is 1. The van der Waals surface area contributed by atoms with E-state index < -0.39 is 9.84 Å². The second-order valence-corrected chi connectivity index (χ2v) is 8.56. The second-order valence-electron chi connectivity index (χ2n) is 5.60. The van der Waals surface area contributed by atoms with Gasteiger partial charge in [0, 0.05) is 15.3 Å². The predicted octanol–water partition coefficient (Wildman–Crippen LogP) is 4.30. The third-order valence-corrected chi connectivity index (χ3v) is 6.34. The number of sulfone groups is 1. The summed E-state index contributed by atoms with van der Waals surface area (Å²) >= 11 is 2.26. The van der Waals surface area contributed by atoms with Crippen molar-refractivity contribution in [1.29, 1.82) is 0 Å². The molecular weight excluding hydrogens is 437 g/mol. The van der Waals surface area contributed by atoms with Crippen molar-refractivity contribution >= 4 is 43.3 Å². The molecule has 126 valence electrons. The van der Waals surface area contributed by atoms with Gasteiger partial charge < -0.3 is 9.72 Å². The number of aromatic nitrogens is 1. The smallest absolute Gasteiger partial charge is 0.222 e. The molecule has 2 aromatic carbocycles. The molecule has 0 unspecified atom stereocenters. The first-order valence-electron chi connectivity index (χ1n) is 7.53.